The van der Waals surface area contributed by atoms with Gasteiger partial charge in [-0.05, 0) is 18.6 Å². The number of hydrogen-bond acceptors (Lipinski definition) is 5. The molecule has 1 aromatic rings. The Bertz CT molecular complexity index is 673. The van der Waals surface area contributed by atoms with E-state index in [1.165, 1.54) is 24.3 Å². The molecule has 0 radical (unpaired) electrons. The number of carboxylic acid groups (broad SMARTS) is 1. The maximum Gasteiger partial charge on any atom is 0.337 e. The van der Waals surface area contributed by atoms with Crippen LogP contribution in [0, 0.1) is 0 Å². The van der Waals surface area contributed by atoms with E-state index in [0.29, 0.717) is 0 Å². The second-order valence-corrected chi connectivity index (χ2v) is 8.44. The molecule has 0 atom stereocenters. The Morgan fingerprint density at radius 3 is 2.21 bits per heavy atom. The summed E-state index contributed by atoms with van der Waals surface area (Å²) in [6.45, 7) is 0. The number of carbonyl (C=O) groups is 1. The zero-order chi connectivity index (χ0) is 14.7. The highest BCUT2D eigenvalue weighted by Gasteiger charge is 2.21. The van der Waals surface area contributed by atoms with Crippen LogP contribution in [0.5, 0.6) is 0 Å². The van der Waals surface area contributed by atoms with Gasteiger partial charge in [0, 0.05) is 6.26 Å². The molecule has 8 heteroatoms. The van der Waals surface area contributed by atoms with E-state index >= 15 is 0 Å². The molecule has 0 saturated heterocycles. The van der Waals surface area contributed by atoms with Crippen molar-refractivity contribution in [1.29, 1.82) is 0 Å². The Balaban J connectivity index is 2.98. The average Bonchev–Trinajstić information content (AvgIpc) is 2.27. The molecule has 0 aliphatic heterocycles. The summed E-state index contributed by atoms with van der Waals surface area (Å²) in [4.78, 5) is 10.7. The molecule has 0 unspecified atom stereocenters. The van der Waals surface area contributed by atoms with Crippen LogP contribution in [-0.2, 0) is 19.7 Å². The minimum atomic E-state index is -3.80. The first-order valence-electron chi connectivity index (χ1n) is 5.36. The summed E-state index contributed by atoms with van der Waals surface area (Å²) in [5, 5.41) is 8.92. The zero-order valence-electron chi connectivity index (χ0n) is 10.2. The second-order valence-electron chi connectivity index (χ2n) is 4.10. The predicted octanol–water partition coefficient (Wildman–Crippen LogP) is 0.593. The maximum atomic E-state index is 12.0. The van der Waals surface area contributed by atoms with Crippen LogP contribution in [-0.4, -0.2) is 45.7 Å². The quantitative estimate of drug-likeness (QED) is 0.824. The molecule has 0 fully saturated rings. The first kappa shape index (κ1) is 15.6. The van der Waals surface area contributed by atoms with Crippen LogP contribution in [0.1, 0.15) is 16.8 Å². The molecule has 0 aliphatic carbocycles. The van der Waals surface area contributed by atoms with Gasteiger partial charge in [0.2, 0.25) is 0 Å². The number of benzene rings is 1. The maximum absolute atomic E-state index is 12.0. The van der Waals surface area contributed by atoms with Gasteiger partial charge < -0.3 is 5.11 Å². The van der Waals surface area contributed by atoms with Crippen molar-refractivity contribution in [2.75, 3.05) is 17.8 Å². The lowest BCUT2D eigenvalue weighted by atomic mass is 10.2. The topological polar surface area (TPSA) is 106 Å². The van der Waals surface area contributed by atoms with Gasteiger partial charge in [-0.3, -0.25) is 0 Å². The Hall–Kier alpha value is -1.41. The molecule has 0 bridgehead atoms. The Morgan fingerprint density at radius 2 is 1.68 bits per heavy atom. The van der Waals surface area contributed by atoms with E-state index in [9.17, 15) is 21.6 Å². The summed E-state index contributed by atoms with van der Waals surface area (Å²) in [6, 6.07) is 5.26. The first-order valence-corrected chi connectivity index (χ1v) is 9.07. The third-order valence-corrected chi connectivity index (χ3v) is 5.26. The van der Waals surface area contributed by atoms with E-state index in [2.05, 4.69) is 0 Å². The normalized spacial score (nSPS) is 12.3. The van der Waals surface area contributed by atoms with Crippen LogP contribution in [0.2, 0.25) is 0 Å². The largest absolute Gasteiger partial charge is 0.478 e. The summed E-state index contributed by atoms with van der Waals surface area (Å²) in [5.74, 6) is -1.98. The van der Waals surface area contributed by atoms with Crippen LogP contribution in [0.3, 0.4) is 0 Å². The minimum Gasteiger partial charge on any atom is -0.478 e. The summed E-state index contributed by atoms with van der Waals surface area (Å²) in [6.07, 6.45) is 0.958. The molecule has 1 N–H and O–H groups in total. The van der Waals surface area contributed by atoms with Crippen LogP contribution in [0.25, 0.3) is 0 Å². The number of rotatable bonds is 6. The van der Waals surface area contributed by atoms with Gasteiger partial charge >= 0.3 is 5.97 Å². The lowest BCUT2D eigenvalue weighted by molar-refractivity contribution is 0.0692. The van der Waals surface area contributed by atoms with E-state index in [-0.39, 0.29) is 22.6 Å². The zero-order valence-corrected chi connectivity index (χ0v) is 11.9. The predicted molar refractivity (Wildman–Crippen MR) is 69.8 cm³/mol. The smallest absolute Gasteiger partial charge is 0.337 e. The number of sulfone groups is 2. The molecule has 1 aromatic carbocycles. The van der Waals surface area contributed by atoms with Gasteiger partial charge in [-0.25, -0.2) is 21.6 Å². The summed E-state index contributed by atoms with van der Waals surface area (Å²) >= 11 is 0. The number of hydrogen-bond donors (Lipinski definition) is 1. The molecule has 0 saturated carbocycles. The molecule has 0 amide bonds. The summed E-state index contributed by atoms with van der Waals surface area (Å²) in [7, 11) is -7.04. The molecule has 0 aromatic heterocycles. The van der Waals surface area contributed by atoms with E-state index in [4.69, 9.17) is 5.11 Å². The highest BCUT2D eigenvalue weighted by molar-refractivity contribution is 7.92. The van der Waals surface area contributed by atoms with E-state index in [1.54, 1.807) is 0 Å². The van der Waals surface area contributed by atoms with Crippen molar-refractivity contribution < 1.29 is 26.7 Å². The van der Waals surface area contributed by atoms with E-state index < -0.39 is 31.4 Å². The van der Waals surface area contributed by atoms with Crippen molar-refractivity contribution in [3.8, 4) is 0 Å². The standard InChI is InChI=1S/C11H14O6S2/c1-18(14,15)7-4-8-19(16,17)10-6-3-2-5-9(10)11(12)13/h2-3,5-6H,4,7-8H2,1H3,(H,12,13). The van der Waals surface area contributed by atoms with Gasteiger partial charge in [0.1, 0.15) is 9.84 Å². The minimum absolute atomic E-state index is 0.0604. The van der Waals surface area contributed by atoms with Gasteiger partial charge in [0.25, 0.3) is 0 Å². The van der Waals surface area contributed by atoms with Crippen LogP contribution < -0.4 is 0 Å². The third-order valence-electron chi connectivity index (χ3n) is 2.38. The Kier molecular flexibility index (Phi) is 4.70. The van der Waals surface area contributed by atoms with Gasteiger partial charge in [-0.15, -0.1) is 0 Å². The molecule has 1 rings (SSSR count). The van der Waals surface area contributed by atoms with E-state index in [1.807, 2.05) is 0 Å². The highest BCUT2D eigenvalue weighted by atomic mass is 32.2. The van der Waals surface area contributed by atoms with Crippen LogP contribution >= 0.6 is 0 Å². The van der Waals surface area contributed by atoms with Gasteiger partial charge in [-0.1, -0.05) is 12.1 Å². The van der Waals surface area contributed by atoms with Crippen molar-refractivity contribution in [2.45, 2.75) is 11.3 Å². The van der Waals surface area contributed by atoms with E-state index in [0.717, 1.165) is 6.26 Å². The Labute approximate surface area is 111 Å². The molecule has 0 heterocycles. The molecule has 106 valence electrons. The number of carboxylic acids is 1. The molecular weight excluding hydrogens is 292 g/mol. The monoisotopic (exact) mass is 306 g/mol. The van der Waals surface area contributed by atoms with Crippen molar-refractivity contribution in [3.05, 3.63) is 29.8 Å². The van der Waals surface area contributed by atoms with Gasteiger partial charge in [-0.2, -0.15) is 0 Å². The average molecular weight is 306 g/mol. The second kappa shape index (κ2) is 5.70. The highest BCUT2D eigenvalue weighted by Crippen LogP contribution is 2.17. The van der Waals surface area contributed by atoms with Crippen molar-refractivity contribution >= 4 is 25.6 Å². The summed E-state index contributed by atoms with van der Waals surface area (Å²) < 4.78 is 45.8. The molecule has 6 nitrogen and oxygen atoms in total. The van der Waals surface area contributed by atoms with Crippen LogP contribution in [0.15, 0.2) is 29.2 Å². The Morgan fingerprint density at radius 1 is 1.11 bits per heavy atom. The van der Waals surface area contributed by atoms with Crippen LogP contribution in [0.4, 0.5) is 0 Å². The fourth-order valence-electron chi connectivity index (χ4n) is 1.54. The number of aromatic carboxylic acids is 1. The lowest BCUT2D eigenvalue weighted by Crippen LogP contribution is -2.15. The lowest BCUT2D eigenvalue weighted by Gasteiger charge is -2.07. The van der Waals surface area contributed by atoms with Crippen molar-refractivity contribution in [1.82, 2.24) is 0 Å². The molecule has 0 spiro atoms. The fraction of sp³-hybridized carbons (Fsp3) is 0.364. The van der Waals surface area contributed by atoms with Crippen molar-refractivity contribution in [3.63, 3.8) is 0 Å². The SMILES string of the molecule is CS(=O)(=O)CCCS(=O)(=O)c1ccccc1C(=O)O. The van der Waals surface area contributed by atoms with Gasteiger partial charge in [0.15, 0.2) is 9.84 Å². The van der Waals surface area contributed by atoms with Gasteiger partial charge in [0.05, 0.1) is 22.0 Å². The summed E-state index contributed by atoms with van der Waals surface area (Å²) in [5.41, 5.74) is -0.304. The third kappa shape index (κ3) is 4.64. The molecule has 0 aliphatic rings. The molecular formula is C11H14O6S2. The fourth-order valence-corrected chi connectivity index (χ4v) is 3.91. The molecule has 19 heavy (non-hydrogen) atoms. The first-order chi connectivity index (χ1) is 8.63. The van der Waals surface area contributed by atoms with Crippen molar-refractivity contribution in [2.24, 2.45) is 0 Å².